The van der Waals surface area contributed by atoms with E-state index in [9.17, 15) is 14.9 Å². The molecule has 0 aliphatic rings. The van der Waals surface area contributed by atoms with E-state index in [0.717, 1.165) is 9.36 Å². The molecule has 0 spiro atoms. The maximum atomic E-state index is 13.4. The van der Waals surface area contributed by atoms with Gasteiger partial charge < -0.3 is 5.32 Å². The lowest BCUT2D eigenvalue weighted by Crippen LogP contribution is -2.19. The van der Waals surface area contributed by atoms with Crippen LogP contribution in [0.3, 0.4) is 0 Å². The first-order valence-corrected chi connectivity index (χ1v) is 9.92. The Balaban J connectivity index is 1.96. The fourth-order valence-corrected chi connectivity index (χ4v) is 4.03. The number of benzene rings is 2. The molecule has 2 heterocycles. The highest BCUT2D eigenvalue weighted by Crippen LogP contribution is 2.32. The number of aromatic amines is 1. The summed E-state index contributed by atoms with van der Waals surface area (Å²) in [5.41, 5.74) is 0.220. The van der Waals surface area contributed by atoms with Gasteiger partial charge in [0, 0.05) is 10.7 Å². The number of rotatable bonds is 5. The summed E-state index contributed by atoms with van der Waals surface area (Å²) in [7, 11) is 0. The van der Waals surface area contributed by atoms with Crippen molar-refractivity contribution in [2.45, 2.75) is 6.92 Å². The van der Waals surface area contributed by atoms with Gasteiger partial charge in [0.1, 0.15) is 17.6 Å². The van der Waals surface area contributed by atoms with Gasteiger partial charge >= 0.3 is 5.69 Å². The van der Waals surface area contributed by atoms with E-state index in [2.05, 4.69) is 15.5 Å². The third kappa shape index (κ3) is 3.90. The van der Waals surface area contributed by atoms with Crippen LogP contribution >= 0.6 is 34.8 Å². The summed E-state index contributed by atoms with van der Waals surface area (Å²) in [5.74, 6) is 0.232. The van der Waals surface area contributed by atoms with E-state index in [1.54, 1.807) is 12.1 Å². The molecule has 2 N–H and O–H groups in total. The number of nitrogens with one attached hydrogen (secondary N) is 2. The lowest BCUT2D eigenvalue weighted by atomic mass is 10.3. The number of aromatic nitrogens is 4. The zero-order valence-corrected chi connectivity index (χ0v) is 18.0. The molecule has 4 aromatic rings. The standard InChI is InChI=1S/C19H13Cl3N6O3/c1-10-15(28(30)31)9-26(24-10)17-18(23-12-5-3-2-4-6-12)25-27(19(17)29)16-13(21)7-11(20)8-14(16)22/h2-9,23,25H,1H3. The minimum absolute atomic E-state index is 0.0159. The maximum Gasteiger partial charge on any atom is 0.310 e. The van der Waals surface area contributed by atoms with Crippen molar-refractivity contribution >= 4 is 52.0 Å². The Morgan fingerprint density at radius 2 is 1.74 bits per heavy atom. The molecule has 0 unspecified atom stereocenters. The number of H-pyrrole nitrogens is 1. The van der Waals surface area contributed by atoms with Crippen LogP contribution < -0.4 is 10.9 Å². The van der Waals surface area contributed by atoms with E-state index in [1.807, 2.05) is 18.2 Å². The molecule has 0 fully saturated rings. The second-order valence-electron chi connectivity index (χ2n) is 6.49. The zero-order valence-electron chi connectivity index (χ0n) is 15.8. The van der Waals surface area contributed by atoms with Crippen LogP contribution in [-0.4, -0.2) is 24.5 Å². The molecule has 12 heteroatoms. The Morgan fingerprint density at radius 1 is 1.10 bits per heavy atom. The second-order valence-corrected chi connectivity index (χ2v) is 7.74. The van der Waals surface area contributed by atoms with Crippen LogP contribution in [-0.2, 0) is 0 Å². The molecule has 2 aromatic heterocycles. The molecular formula is C19H13Cl3N6O3. The van der Waals surface area contributed by atoms with Crippen LogP contribution in [0.25, 0.3) is 11.4 Å². The van der Waals surface area contributed by atoms with Crippen molar-refractivity contribution in [3.8, 4) is 11.4 Å². The average Bonchev–Trinajstić information content (AvgIpc) is 3.22. The van der Waals surface area contributed by atoms with Crippen molar-refractivity contribution in [2.24, 2.45) is 0 Å². The van der Waals surface area contributed by atoms with E-state index in [1.165, 1.54) is 25.3 Å². The Hall–Kier alpha value is -3.27. The van der Waals surface area contributed by atoms with Crippen molar-refractivity contribution in [3.05, 3.63) is 89.9 Å². The summed E-state index contributed by atoms with van der Waals surface area (Å²) < 4.78 is 2.27. The van der Waals surface area contributed by atoms with Crippen molar-refractivity contribution in [3.63, 3.8) is 0 Å². The van der Waals surface area contributed by atoms with Crippen molar-refractivity contribution in [2.75, 3.05) is 5.32 Å². The average molecular weight is 480 g/mol. The van der Waals surface area contributed by atoms with Gasteiger partial charge in [-0.2, -0.15) is 5.10 Å². The molecule has 2 aromatic carbocycles. The van der Waals surface area contributed by atoms with Crippen LogP contribution in [0.15, 0.2) is 53.5 Å². The minimum Gasteiger partial charge on any atom is -0.339 e. The number of para-hydroxylation sites is 1. The monoisotopic (exact) mass is 478 g/mol. The number of halogens is 3. The maximum absolute atomic E-state index is 13.4. The predicted octanol–water partition coefficient (Wildman–Crippen LogP) is 5.27. The fourth-order valence-electron chi connectivity index (χ4n) is 3.04. The van der Waals surface area contributed by atoms with E-state index in [-0.39, 0.29) is 38.6 Å². The van der Waals surface area contributed by atoms with Crippen LogP contribution in [0, 0.1) is 17.0 Å². The molecule has 0 amide bonds. The summed E-state index contributed by atoms with van der Waals surface area (Å²) >= 11 is 18.6. The van der Waals surface area contributed by atoms with Gasteiger partial charge in [0.25, 0.3) is 5.56 Å². The molecule has 0 aliphatic heterocycles. The molecule has 31 heavy (non-hydrogen) atoms. The molecule has 0 radical (unpaired) electrons. The van der Waals surface area contributed by atoms with Crippen molar-refractivity contribution in [1.29, 1.82) is 0 Å². The van der Waals surface area contributed by atoms with Gasteiger partial charge in [0.15, 0.2) is 11.5 Å². The molecular weight excluding hydrogens is 467 g/mol. The highest BCUT2D eigenvalue weighted by molar-refractivity contribution is 6.40. The van der Waals surface area contributed by atoms with E-state index in [0.29, 0.717) is 10.7 Å². The highest BCUT2D eigenvalue weighted by Gasteiger charge is 2.25. The largest absolute Gasteiger partial charge is 0.339 e. The molecule has 0 bridgehead atoms. The molecule has 9 nitrogen and oxygen atoms in total. The third-order valence-corrected chi connectivity index (χ3v) is 5.21. The van der Waals surface area contributed by atoms with Gasteiger partial charge in [0.2, 0.25) is 0 Å². The molecule has 0 aliphatic carbocycles. The van der Waals surface area contributed by atoms with Gasteiger partial charge in [-0.25, -0.2) is 9.36 Å². The van der Waals surface area contributed by atoms with Crippen molar-refractivity contribution < 1.29 is 4.92 Å². The highest BCUT2D eigenvalue weighted by atomic mass is 35.5. The van der Waals surface area contributed by atoms with Crippen molar-refractivity contribution in [1.82, 2.24) is 19.6 Å². The lowest BCUT2D eigenvalue weighted by molar-refractivity contribution is -0.385. The summed E-state index contributed by atoms with van der Waals surface area (Å²) in [4.78, 5) is 24.1. The van der Waals surface area contributed by atoms with Gasteiger partial charge in [0.05, 0.1) is 15.0 Å². The summed E-state index contributed by atoms with van der Waals surface area (Å²) in [5, 5.41) is 22.0. The van der Waals surface area contributed by atoms with Gasteiger partial charge in [-0.05, 0) is 31.2 Å². The Morgan fingerprint density at radius 3 is 2.32 bits per heavy atom. The number of anilines is 2. The van der Waals surface area contributed by atoms with Crippen LogP contribution in [0.4, 0.5) is 17.2 Å². The molecule has 4 rings (SSSR count). The number of hydrogen-bond acceptors (Lipinski definition) is 5. The molecule has 0 atom stereocenters. The van der Waals surface area contributed by atoms with Gasteiger partial charge in [-0.3, -0.25) is 20.0 Å². The SMILES string of the molecule is Cc1nn(-c2c(Nc3ccccc3)[nH]n(-c3c(Cl)cc(Cl)cc3Cl)c2=O)cc1[N+](=O)[O-]. The smallest absolute Gasteiger partial charge is 0.310 e. The van der Waals surface area contributed by atoms with Gasteiger partial charge in [-0.15, -0.1) is 0 Å². The Kier molecular flexibility index (Phi) is 5.48. The first-order valence-electron chi connectivity index (χ1n) is 8.79. The number of nitrogens with zero attached hydrogens (tertiary/aromatic N) is 4. The number of hydrogen-bond donors (Lipinski definition) is 2. The molecule has 0 saturated heterocycles. The van der Waals surface area contributed by atoms with Crippen LogP contribution in [0.5, 0.6) is 0 Å². The number of nitro groups is 1. The summed E-state index contributed by atoms with van der Waals surface area (Å²) in [6, 6.07) is 11.9. The number of aryl methyl sites for hydroxylation is 1. The van der Waals surface area contributed by atoms with Crippen LogP contribution in [0.1, 0.15) is 5.69 Å². The Labute approximate surface area is 189 Å². The normalized spacial score (nSPS) is 11.0. The Bertz CT molecular complexity index is 1340. The first kappa shape index (κ1) is 21.0. The summed E-state index contributed by atoms with van der Waals surface area (Å²) in [6.45, 7) is 1.48. The van der Waals surface area contributed by atoms with E-state index >= 15 is 0 Å². The molecule has 158 valence electrons. The quantitative estimate of drug-likeness (QED) is 0.299. The van der Waals surface area contributed by atoms with Gasteiger partial charge in [-0.1, -0.05) is 53.0 Å². The van der Waals surface area contributed by atoms with E-state index < -0.39 is 10.5 Å². The predicted molar refractivity (Wildman–Crippen MR) is 120 cm³/mol. The first-order chi connectivity index (χ1) is 14.8. The second kappa shape index (κ2) is 8.10. The fraction of sp³-hybridized carbons (Fsp3) is 0.0526. The third-order valence-electron chi connectivity index (χ3n) is 4.41. The molecule has 0 saturated carbocycles. The van der Waals surface area contributed by atoms with Crippen LogP contribution in [0.2, 0.25) is 15.1 Å². The van der Waals surface area contributed by atoms with E-state index in [4.69, 9.17) is 34.8 Å². The minimum atomic E-state index is -0.582. The zero-order chi connectivity index (χ0) is 22.3. The lowest BCUT2D eigenvalue weighted by Gasteiger charge is -2.08. The topological polar surface area (TPSA) is 111 Å². The summed E-state index contributed by atoms with van der Waals surface area (Å²) in [6.07, 6.45) is 1.17.